The number of nitrogens with zero attached hydrogens (tertiary/aromatic N) is 3. The van der Waals surface area contributed by atoms with Gasteiger partial charge in [-0.2, -0.15) is 0 Å². The molecule has 0 aromatic carbocycles. The molecular weight excluding hydrogens is 410 g/mol. The summed E-state index contributed by atoms with van der Waals surface area (Å²) in [4.78, 5) is 33.1. The molecule has 6 nitrogen and oxygen atoms in total. The fourth-order valence-electron chi connectivity index (χ4n) is 5.29. The average Bonchev–Trinajstić information content (AvgIpc) is 3.23. The Kier molecular flexibility index (Phi) is 7.67. The highest BCUT2D eigenvalue weighted by molar-refractivity contribution is 7.10. The smallest absolute Gasteiger partial charge is 0.223 e. The zero-order valence-corrected chi connectivity index (χ0v) is 19.9. The number of morpholine rings is 1. The summed E-state index contributed by atoms with van der Waals surface area (Å²) in [5.74, 6) is 0.970. The van der Waals surface area contributed by atoms with Crippen LogP contribution in [0.4, 0.5) is 0 Å². The summed E-state index contributed by atoms with van der Waals surface area (Å²) in [6.07, 6.45) is 5.66. The Morgan fingerprint density at radius 3 is 2.42 bits per heavy atom. The molecule has 0 bridgehead atoms. The van der Waals surface area contributed by atoms with Crippen molar-refractivity contribution in [2.75, 3.05) is 39.3 Å². The number of rotatable bonds is 6. The Morgan fingerprint density at radius 2 is 1.71 bits per heavy atom. The number of carbonyl (C=O) groups excluding carboxylic acids is 2. The lowest BCUT2D eigenvalue weighted by Gasteiger charge is -2.37. The van der Waals surface area contributed by atoms with Crippen molar-refractivity contribution in [3.8, 4) is 0 Å². The molecule has 0 spiro atoms. The van der Waals surface area contributed by atoms with Gasteiger partial charge in [0.05, 0.1) is 12.2 Å². The summed E-state index contributed by atoms with van der Waals surface area (Å²) in [6.45, 7) is 10.7. The van der Waals surface area contributed by atoms with Crippen molar-refractivity contribution in [2.24, 2.45) is 5.92 Å². The van der Waals surface area contributed by atoms with Crippen LogP contribution in [-0.4, -0.2) is 78.0 Å². The van der Waals surface area contributed by atoms with Crippen molar-refractivity contribution >= 4 is 23.2 Å². The van der Waals surface area contributed by atoms with Crippen LogP contribution in [-0.2, 0) is 27.3 Å². The van der Waals surface area contributed by atoms with E-state index in [9.17, 15) is 9.59 Å². The summed E-state index contributed by atoms with van der Waals surface area (Å²) in [5, 5.41) is 2.10. The first-order valence-corrected chi connectivity index (χ1v) is 12.8. The van der Waals surface area contributed by atoms with E-state index in [-0.39, 0.29) is 11.8 Å². The largest absolute Gasteiger partial charge is 0.373 e. The van der Waals surface area contributed by atoms with Gasteiger partial charge in [-0.3, -0.25) is 14.5 Å². The van der Waals surface area contributed by atoms with Gasteiger partial charge in [0.15, 0.2) is 0 Å². The van der Waals surface area contributed by atoms with Crippen LogP contribution in [0.5, 0.6) is 0 Å². The molecule has 31 heavy (non-hydrogen) atoms. The van der Waals surface area contributed by atoms with E-state index < -0.39 is 0 Å². The molecule has 0 aliphatic carbocycles. The Bertz CT molecular complexity index is 749. The van der Waals surface area contributed by atoms with Crippen LogP contribution in [0, 0.1) is 5.92 Å². The maximum absolute atomic E-state index is 12.7. The van der Waals surface area contributed by atoms with E-state index in [1.165, 1.54) is 16.9 Å². The Hall–Kier alpha value is -1.44. The molecule has 0 unspecified atom stereocenters. The highest BCUT2D eigenvalue weighted by Crippen LogP contribution is 2.25. The molecule has 3 aliphatic heterocycles. The number of hydrogen-bond acceptors (Lipinski definition) is 5. The van der Waals surface area contributed by atoms with E-state index >= 15 is 0 Å². The van der Waals surface area contributed by atoms with Crippen molar-refractivity contribution in [1.82, 2.24) is 14.7 Å². The van der Waals surface area contributed by atoms with Gasteiger partial charge in [0.1, 0.15) is 0 Å². The van der Waals surface area contributed by atoms with Gasteiger partial charge in [-0.15, -0.1) is 11.3 Å². The predicted molar refractivity (Wildman–Crippen MR) is 123 cm³/mol. The van der Waals surface area contributed by atoms with Crippen LogP contribution in [0.3, 0.4) is 0 Å². The van der Waals surface area contributed by atoms with Crippen molar-refractivity contribution in [3.63, 3.8) is 0 Å². The van der Waals surface area contributed by atoms with Gasteiger partial charge >= 0.3 is 0 Å². The molecule has 4 rings (SSSR count). The van der Waals surface area contributed by atoms with Crippen molar-refractivity contribution in [3.05, 3.63) is 21.9 Å². The van der Waals surface area contributed by atoms with E-state index in [1.807, 2.05) is 9.80 Å². The van der Waals surface area contributed by atoms with Gasteiger partial charge in [0, 0.05) is 57.0 Å². The second-order valence-corrected chi connectivity index (χ2v) is 10.6. The summed E-state index contributed by atoms with van der Waals surface area (Å²) < 4.78 is 5.83. The molecule has 172 valence electrons. The molecule has 7 heteroatoms. The maximum Gasteiger partial charge on any atom is 0.223 e. The Balaban J connectivity index is 1.13. The molecule has 3 aliphatic rings. The minimum atomic E-state index is 0.119. The highest BCUT2D eigenvalue weighted by atomic mass is 32.1. The lowest BCUT2D eigenvalue weighted by atomic mass is 9.93. The molecule has 0 radical (unpaired) electrons. The van der Waals surface area contributed by atoms with E-state index in [4.69, 9.17) is 4.74 Å². The fourth-order valence-corrected chi connectivity index (χ4v) is 6.18. The first kappa shape index (κ1) is 22.7. The Labute approximate surface area is 190 Å². The molecule has 4 heterocycles. The highest BCUT2D eigenvalue weighted by Gasteiger charge is 2.27. The van der Waals surface area contributed by atoms with Gasteiger partial charge in [-0.05, 0) is 69.0 Å². The van der Waals surface area contributed by atoms with Crippen LogP contribution >= 0.6 is 11.3 Å². The lowest BCUT2D eigenvalue weighted by Crippen LogP contribution is -2.46. The summed E-state index contributed by atoms with van der Waals surface area (Å²) >= 11 is 1.78. The van der Waals surface area contributed by atoms with Crippen molar-refractivity contribution < 1.29 is 14.3 Å². The van der Waals surface area contributed by atoms with Crippen molar-refractivity contribution in [2.45, 2.75) is 71.1 Å². The SMILES string of the molecule is C[C@@H]1CN(CCC2CCN(C(=O)CCC(=O)N3CCc4sccc4C3)CC2)C[C@H](C)O1. The Morgan fingerprint density at radius 1 is 1.03 bits per heavy atom. The maximum atomic E-state index is 12.7. The van der Waals surface area contributed by atoms with Crippen LogP contribution in [0.15, 0.2) is 11.4 Å². The molecule has 2 fully saturated rings. The quantitative estimate of drug-likeness (QED) is 0.672. The zero-order valence-electron chi connectivity index (χ0n) is 19.1. The number of ether oxygens (including phenoxy) is 1. The molecular formula is C24H37N3O3S. The number of likely N-dealkylation sites (tertiary alicyclic amines) is 1. The number of piperidine rings is 1. The molecule has 2 atom stereocenters. The summed E-state index contributed by atoms with van der Waals surface area (Å²) in [7, 11) is 0. The van der Waals surface area contributed by atoms with Crippen LogP contribution < -0.4 is 0 Å². The van der Waals surface area contributed by atoms with Crippen LogP contribution in [0.1, 0.15) is 56.4 Å². The van der Waals surface area contributed by atoms with Gasteiger partial charge in [0.25, 0.3) is 0 Å². The molecule has 2 amide bonds. The third-order valence-corrected chi connectivity index (χ3v) is 8.05. The predicted octanol–water partition coefficient (Wildman–Crippen LogP) is 3.15. The van der Waals surface area contributed by atoms with E-state index in [1.54, 1.807) is 11.3 Å². The summed E-state index contributed by atoms with van der Waals surface area (Å²) in [6, 6.07) is 2.12. The molecule has 0 saturated carbocycles. The zero-order chi connectivity index (χ0) is 21.8. The number of amides is 2. The normalized spacial score (nSPS) is 25.5. The number of thiophene rings is 1. The van der Waals surface area contributed by atoms with Gasteiger partial charge < -0.3 is 14.5 Å². The fraction of sp³-hybridized carbons (Fsp3) is 0.750. The third-order valence-electron chi connectivity index (χ3n) is 7.03. The first-order chi connectivity index (χ1) is 15.0. The van der Waals surface area contributed by atoms with E-state index in [0.717, 1.165) is 58.5 Å². The topological polar surface area (TPSA) is 53.1 Å². The first-order valence-electron chi connectivity index (χ1n) is 12.0. The van der Waals surface area contributed by atoms with E-state index in [0.29, 0.717) is 37.5 Å². The number of carbonyl (C=O) groups is 2. The third kappa shape index (κ3) is 6.08. The van der Waals surface area contributed by atoms with Crippen molar-refractivity contribution in [1.29, 1.82) is 0 Å². The summed E-state index contributed by atoms with van der Waals surface area (Å²) in [5.41, 5.74) is 1.28. The lowest BCUT2D eigenvalue weighted by molar-refractivity contribution is -0.138. The molecule has 1 aromatic rings. The van der Waals surface area contributed by atoms with Gasteiger partial charge in [0.2, 0.25) is 11.8 Å². The van der Waals surface area contributed by atoms with E-state index in [2.05, 4.69) is 30.2 Å². The number of hydrogen-bond donors (Lipinski definition) is 0. The second-order valence-electron chi connectivity index (χ2n) is 9.56. The molecule has 0 N–H and O–H groups in total. The number of fused-ring (bicyclic) bond motifs is 1. The monoisotopic (exact) mass is 447 g/mol. The molecule has 1 aromatic heterocycles. The van der Waals surface area contributed by atoms with Crippen LogP contribution in [0.2, 0.25) is 0 Å². The minimum Gasteiger partial charge on any atom is -0.373 e. The molecule has 2 saturated heterocycles. The van der Waals surface area contributed by atoms with Gasteiger partial charge in [-0.25, -0.2) is 0 Å². The standard InChI is InChI=1S/C24H37N3O3S/c1-18-15-25(16-19(2)30-18)10-5-20-6-11-26(12-7-20)23(28)3-4-24(29)27-13-8-22-21(17-27)9-14-31-22/h9,14,18-20H,3-8,10-13,15-17H2,1-2H3/t18-,19+. The minimum absolute atomic E-state index is 0.119. The van der Waals surface area contributed by atoms with Crippen LogP contribution in [0.25, 0.3) is 0 Å². The van der Waals surface area contributed by atoms with Gasteiger partial charge in [-0.1, -0.05) is 0 Å². The second kappa shape index (κ2) is 10.5. The average molecular weight is 448 g/mol.